The average molecular weight is 266 g/mol. The lowest BCUT2D eigenvalue weighted by Gasteiger charge is -2.31. The molecule has 0 saturated carbocycles. The standard InChI is InChI=1S/C16H26O3/c1-3-16(18,4-2)19-15(11-8-12-17)13-14-9-6-5-7-10-14/h5-7,9-10,15,17-18H,3-4,8,11-13H2,1-2H3. The van der Waals surface area contributed by atoms with Gasteiger partial charge in [-0.3, -0.25) is 0 Å². The summed E-state index contributed by atoms with van der Waals surface area (Å²) in [5, 5.41) is 19.3. The first-order valence-corrected chi connectivity index (χ1v) is 7.18. The molecular weight excluding hydrogens is 240 g/mol. The molecule has 0 saturated heterocycles. The maximum absolute atomic E-state index is 10.3. The van der Waals surface area contributed by atoms with Gasteiger partial charge >= 0.3 is 0 Å². The Hall–Kier alpha value is -0.900. The SMILES string of the molecule is CCC(O)(CC)OC(CCCO)Cc1ccccc1. The molecule has 2 N–H and O–H groups in total. The van der Waals surface area contributed by atoms with E-state index in [-0.39, 0.29) is 12.7 Å². The van der Waals surface area contributed by atoms with Crippen LogP contribution >= 0.6 is 0 Å². The van der Waals surface area contributed by atoms with Gasteiger partial charge in [-0.1, -0.05) is 44.2 Å². The van der Waals surface area contributed by atoms with E-state index in [0.29, 0.717) is 19.3 Å². The minimum absolute atomic E-state index is 0.0561. The van der Waals surface area contributed by atoms with Gasteiger partial charge in [-0.2, -0.15) is 0 Å². The Bertz CT molecular complexity index is 333. The Balaban J connectivity index is 2.66. The molecule has 1 aromatic carbocycles. The number of aliphatic hydroxyl groups excluding tert-OH is 1. The topological polar surface area (TPSA) is 49.7 Å². The summed E-state index contributed by atoms with van der Waals surface area (Å²) in [5.41, 5.74) is 1.19. The summed E-state index contributed by atoms with van der Waals surface area (Å²) < 4.78 is 5.89. The van der Waals surface area contributed by atoms with Crippen LogP contribution < -0.4 is 0 Å². The fourth-order valence-electron chi connectivity index (χ4n) is 2.13. The fraction of sp³-hybridized carbons (Fsp3) is 0.625. The molecule has 0 radical (unpaired) electrons. The summed E-state index contributed by atoms with van der Waals surface area (Å²) in [6.45, 7) is 4.01. The predicted molar refractivity (Wildman–Crippen MR) is 76.9 cm³/mol. The molecule has 0 amide bonds. The van der Waals surface area contributed by atoms with Gasteiger partial charge in [0.25, 0.3) is 0 Å². The smallest absolute Gasteiger partial charge is 0.165 e. The molecule has 1 unspecified atom stereocenters. The zero-order chi connectivity index (χ0) is 14.1. The van der Waals surface area contributed by atoms with Crippen molar-refractivity contribution >= 4 is 0 Å². The monoisotopic (exact) mass is 266 g/mol. The lowest BCUT2D eigenvalue weighted by molar-refractivity contribution is -0.234. The molecule has 0 heterocycles. The van der Waals surface area contributed by atoms with Crippen molar-refractivity contribution in [3.8, 4) is 0 Å². The number of ether oxygens (including phenoxy) is 1. The van der Waals surface area contributed by atoms with Crippen LogP contribution in [0.2, 0.25) is 0 Å². The number of hydrogen-bond acceptors (Lipinski definition) is 3. The van der Waals surface area contributed by atoms with E-state index in [4.69, 9.17) is 9.84 Å². The van der Waals surface area contributed by atoms with Crippen molar-refractivity contribution in [1.82, 2.24) is 0 Å². The van der Waals surface area contributed by atoms with Crippen molar-refractivity contribution < 1.29 is 14.9 Å². The van der Waals surface area contributed by atoms with Crippen LogP contribution in [0.5, 0.6) is 0 Å². The number of rotatable bonds is 9. The van der Waals surface area contributed by atoms with Crippen LogP contribution in [-0.4, -0.2) is 28.7 Å². The van der Waals surface area contributed by atoms with Gasteiger partial charge in [0.05, 0.1) is 6.10 Å². The molecule has 0 fully saturated rings. The normalized spacial score (nSPS) is 13.5. The zero-order valence-electron chi connectivity index (χ0n) is 12.0. The Labute approximate surface area is 116 Å². The summed E-state index contributed by atoms with van der Waals surface area (Å²) in [4.78, 5) is 0. The van der Waals surface area contributed by atoms with Crippen molar-refractivity contribution in [3.63, 3.8) is 0 Å². The van der Waals surface area contributed by atoms with E-state index in [1.165, 1.54) is 5.56 Å². The molecule has 0 aliphatic heterocycles. The van der Waals surface area contributed by atoms with E-state index in [0.717, 1.165) is 12.8 Å². The second-order valence-electron chi connectivity index (χ2n) is 4.95. The van der Waals surface area contributed by atoms with E-state index in [1.54, 1.807) is 0 Å². The molecule has 1 aromatic rings. The molecule has 0 aromatic heterocycles. The van der Waals surface area contributed by atoms with Crippen LogP contribution in [0.4, 0.5) is 0 Å². The van der Waals surface area contributed by atoms with Crippen LogP contribution in [-0.2, 0) is 11.2 Å². The van der Waals surface area contributed by atoms with Crippen molar-refractivity contribution in [2.45, 2.75) is 57.8 Å². The van der Waals surface area contributed by atoms with E-state index in [9.17, 15) is 5.11 Å². The van der Waals surface area contributed by atoms with E-state index in [1.807, 2.05) is 32.0 Å². The lowest BCUT2D eigenvalue weighted by Crippen LogP contribution is -2.36. The third-order valence-corrected chi connectivity index (χ3v) is 3.48. The molecule has 0 bridgehead atoms. The molecule has 3 nitrogen and oxygen atoms in total. The van der Waals surface area contributed by atoms with Gasteiger partial charge in [-0.15, -0.1) is 0 Å². The number of benzene rings is 1. The maximum Gasteiger partial charge on any atom is 0.165 e. The molecule has 0 aliphatic rings. The predicted octanol–water partition coefficient (Wildman–Crippen LogP) is 2.90. The molecule has 3 heteroatoms. The second-order valence-corrected chi connectivity index (χ2v) is 4.95. The van der Waals surface area contributed by atoms with E-state index < -0.39 is 5.79 Å². The Morgan fingerprint density at radius 1 is 1.16 bits per heavy atom. The van der Waals surface area contributed by atoms with Crippen LogP contribution in [0, 0.1) is 0 Å². The van der Waals surface area contributed by atoms with Crippen LogP contribution in [0.3, 0.4) is 0 Å². The highest BCUT2D eigenvalue weighted by Gasteiger charge is 2.27. The highest BCUT2D eigenvalue weighted by atomic mass is 16.6. The molecule has 0 aliphatic carbocycles. The summed E-state index contributed by atoms with van der Waals surface area (Å²) >= 11 is 0. The van der Waals surface area contributed by atoms with Crippen molar-refractivity contribution in [2.24, 2.45) is 0 Å². The summed E-state index contributed by atoms with van der Waals surface area (Å²) in [5.74, 6) is -1.05. The average Bonchev–Trinajstić information content (AvgIpc) is 2.45. The first-order chi connectivity index (χ1) is 9.13. The minimum atomic E-state index is -1.05. The van der Waals surface area contributed by atoms with Crippen LogP contribution in [0.25, 0.3) is 0 Å². The molecule has 108 valence electrons. The zero-order valence-corrected chi connectivity index (χ0v) is 12.0. The second kappa shape index (κ2) is 8.31. The van der Waals surface area contributed by atoms with Crippen molar-refractivity contribution in [3.05, 3.63) is 35.9 Å². The molecule has 1 atom stereocenters. The van der Waals surface area contributed by atoms with Gasteiger partial charge in [0.1, 0.15) is 0 Å². The van der Waals surface area contributed by atoms with Gasteiger partial charge in [0.15, 0.2) is 5.79 Å². The summed E-state index contributed by atoms with van der Waals surface area (Å²) in [6.07, 6.45) is 3.32. The highest BCUT2D eigenvalue weighted by molar-refractivity contribution is 5.15. The summed E-state index contributed by atoms with van der Waals surface area (Å²) in [7, 11) is 0. The lowest BCUT2D eigenvalue weighted by atomic mass is 10.0. The van der Waals surface area contributed by atoms with E-state index in [2.05, 4.69) is 12.1 Å². The quantitative estimate of drug-likeness (QED) is 0.676. The largest absolute Gasteiger partial charge is 0.396 e. The van der Waals surface area contributed by atoms with Gasteiger partial charge in [-0.05, 0) is 37.7 Å². The third-order valence-electron chi connectivity index (χ3n) is 3.48. The number of hydrogen-bond donors (Lipinski definition) is 2. The van der Waals surface area contributed by atoms with E-state index >= 15 is 0 Å². The fourth-order valence-corrected chi connectivity index (χ4v) is 2.13. The van der Waals surface area contributed by atoms with Crippen molar-refractivity contribution in [2.75, 3.05) is 6.61 Å². The third kappa shape index (κ3) is 5.72. The van der Waals surface area contributed by atoms with Crippen molar-refractivity contribution in [1.29, 1.82) is 0 Å². The highest BCUT2D eigenvalue weighted by Crippen LogP contribution is 2.22. The maximum atomic E-state index is 10.3. The number of aliphatic hydroxyl groups is 2. The Kier molecular flexibility index (Phi) is 7.06. The van der Waals surface area contributed by atoms with Gasteiger partial charge in [-0.25, -0.2) is 0 Å². The molecule has 1 rings (SSSR count). The first-order valence-electron chi connectivity index (χ1n) is 7.18. The molecular formula is C16H26O3. The molecule has 19 heavy (non-hydrogen) atoms. The summed E-state index contributed by atoms with van der Waals surface area (Å²) in [6, 6.07) is 10.1. The van der Waals surface area contributed by atoms with Gasteiger partial charge < -0.3 is 14.9 Å². The molecule has 0 spiro atoms. The van der Waals surface area contributed by atoms with Crippen LogP contribution in [0.15, 0.2) is 30.3 Å². The van der Waals surface area contributed by atoms with Crippen LogP contribution in [0.1, 0.15) is 45.1 Å². The minimum Gasteiger partial charge on any atom is -0.396 e. The van der Waals surface area contributed by atoms with Gasteiger partial charge in [0, 0.05) is 6.61 Å². The Morgan fingerprint density at radius 3 is 2.32 bits per heavy atom. The first kappa shape index (κ1) is 16.2. The van der Waals surface area contributed by atoms with Gasteiger partial charge in [0.2, 0.25) is 0 Å². The Morgan fingerprint density at radius 2 is 1.79 bits per heavy atom.